The summed E-state index contributed by atoms with van der Waals surface area (Å²) >= 11 is 0. The van der Waals surface area contributed by atoms with Gasteiger partial charge in [-0.05, 0) is 25.9 Å². The number of hydrogen-bond acceptors (Lipinski definition) is 4. The smallest absolute Gasteiger partial charge is 0.264 e. The first-order valence-electron chi connectivity index (χ1n) is 6.32. The molecule has 2 rings (SSSR count). The number of nitrogens with one attached hydrogen (secondary N) is 1. The molecule has 0 aromatic carbocycles. The maximum absolute atomic E-state index is 12.1. The summed E-state index contributed by atoms with van der Waals surface area (Å²) in [5.41, 5.74) is 0.629. The SMILES string of the molecule is CCCNCCCn1cnc2c(cnn2C)c1=O. The topological polar surface area (TPSA) is 64.7 Å². The van der Waals surface area contributed by atoms with Crippen LogP contribution in [-0.2, 0) is 13.6 Å². The summed E-state index contributed by atoms with van der Waals surface area (Å²) in [4.78, 5) is 16.4. The van der Waals surface area contributed by atoms with Gasteiger partial charge in [0.2, 0.25) is 0 Å². The highest BCUT2D eigenvalue weighted by Gasteiger charge is 2.07. The average Bonchev–Trinajstić information content (AvgIpc) is 2.74. The van der Waals surface area contributed by atoms with Gasteiger partial charge in [-0.3, -0.25) is 14.0 Å². The molecule has 0 saturated heterocycles. The van der Waals surface area contributed by atoms with Crippen molar-refractivity contribution in [1.82, 2.24) is 24.6 Å². The van der Waals surface area contributed by atoms with E-state index in [1.165, 1.54) is 0 Å². The van der Waals surface area contributed by atoms with Gasteiger partial charge in [0.05, 0.1) is 12.5 Å². The summed E-state index contributed by atoms with van der Waals surface area (Å²) in [6.45, 7) is 4.77. The van der Waals surface area contributed by atoms with Crippen molar-refractivity contribution in [1.29, 1.82) is 0 Å². The number of nitrogens with zero attached hydrogens (tertiary/aromatic N) is 4. The first-order chi connectivity index (χ1) is 8.74. The molecule has 0 bridgehead atoms. The fourth-order valence-corrected chi connectivity index (χ4v) is 1.90. The molecule has 2 heterocycles. The Morgan fingerprint density at radius 1 is 1.39 bits per heavy atom. The van der Waals surface area contributed by atoms with Gasteiger partial charge in [-0.1, -0.05) is 6.92 Å². The molecule has 0 atom stereocenters. The molecule has 1 N–H and O–H groups in total. The van der Waals surface area contributed by atoms with Crippen LogP contribution in [0, 0.1) is 0 Å². The van der Waals surface area contributed by atoms with Crippen molar-refractivity contribution < 1.29 is 0 Å². The Balaban J connectivity index is 2.05. The van der Waals surface area contributed by atoms with Crippen LogP contribution in [0.1, 0.15) is 19.8 Å². The predicted octanol–water partition coefficient (Wildman–Crippen LogP) is 0.520. The van der Waals surface area contributed by atoms with Crippen molar-refractivity contribution in [3.63, 3.8) is 0 Å². The van der Waals surface area contributed by atoms with Crippen LogP contribution in [0.15, 0.2) is 17.3 Å². The van der Waals surface area contributed by atoms with Crippen LogP contribution in [0.3, 0.4) is 0 Å². The van der Waals surface area contributed by atoms with Crippen LogP contribution in [-0.4, -0.2) is 32.4 Å². The van der Waals surface area contributed by atoms with Crippen LogP contribution in [0.25, 0.3) is 11.0 Å². The largest absolute Gasteiger partial charge is 0.317 e. The van der Waals surface area contributed by atoms with Crippen molar-refractivity contribution >= 4 is 11.0 Å². The fourth-order valence-electron chi connectivity index (χ4n) is 1.90. The third-order valence-electron chi connectivity index (χ3n) is 2.90. The highest BCUT2D eigenvalue weighted by Crippen LogP contribution is 2.03. The molecule has 2 aromatic heterocycles. The molecule has 0 saturated carbocycles. The highest BCUT2D eigenvalue weighted by molar-refractivity contribution is 5.72. The monoisotopic (exact) mass is 249 g/mol. The van der Waals surface area contributed by atoms with E-state index in [2.05, 4.69) is 22.3 Å². The minimum Gasteiger partial charge on any atom is -0.317 e. The van der Waals surface area contributed by atoms with Crippen molar-refractivity contribution in [3.8, 4) is 0 Å². The third-order valence-corrected chi connectivity index (χ3v) is 2.90. The second-order valence-corrected chi connectivity index (χ2v) is 4.35. The molecule has 0 amide bonds. The molecule has 0 fully saturated rings. The molecule has 0 aliphatic carbocycles. The Morgan fingerprint density at radius 3 is 3.00 bits per heavy atom. The lowest BCUT2D eigenvalue weighted by Crippen LogP contribution is -2.23. The number of aromatic nitrogens is 4. The van der Waals surface area contributed by atoms with Gasteiger partial charge in [-0.25, -0.2) is 4.98 Å². The summed E-state index contributed by atoms with van der Waals surface area (Å²) in [6, 6.07) is 0. The van der Waals surface area contributed by atoms with Crippen LogP contribution in [0.5, 0.6) is 0 Å². The van der Waals surface area contributed by atoms with Gasteiger partial charge < -0.3 is 5.32 Å². The molecule has 98 valence electrons. The van der Waals surface area contributed by atoms with Gasteiger partial charge in [0, 0.05) is 13.6 Å². The van der Waals surface area contributed by atoms with E-state index in [-0.39, 0.29) is 5.56 Å². The highest BCUT2D eigenvalue weighted by atomic mass is 16.1. The number of rotatable bonds is 6. The first-order valence-corrected chi connectivity index (χ1v) is 6.32. The van der Waals surface area contributed by atoms with E-state index < -0.39 is 0 Å². The van der Waals surface area contributed by atoms with E-state index in [0.717, 1.165) is 25.9 Å². The maximum atomic E-state index is 12.1. The van der Waals surface area contributed by atoms with Crippen LogP contribution < -0.4 is 10.9 Å². The quantitative estimate of drug-likeness (QED) is 0.758. The van der Waals surface area contributed by atoms with Crippen molar-refractivity contribution in [2.75, 3.05) is 13.1 Å². The summed E-state index contributed by atoms with van der Waals surface area (Å²) in [6.07, 6.45) is 5.24. The van der Waals surface area contributed by atoms with Crippen molar-refractivity contribution in [3.05, 3.63) is 22.9 Å². The minimum atomic E-state index is -0.0106. The van der Waals surface area contributed by atoms with Gasteiger partial charge in [0.1, 0.15) is 5.39 Å². The Morgan fingerprint density at radius 2 is 2.22 bits per heavy atom. The number of hydrogen-bond donors (Lipinski definition) is 1. The van der Waals surface area contributed by atoms with Crippen LogP contribution in [0.4, 0.5) is 0 Å². The first kappa shape index (κ1) is 12.8. The molecule has 0 aliphatic heterocycles. The zero-order valence-electron chi connectivity index (χ0n) is 10.9. The van der Waals surface area contributed by atoms with Gasteiger partial charge in [0.15, 0.2) is 5.65 Å². The van der Waals surface area contributed by atoms with Crippen LogP contribution in [0.2, 0.25) is 0 Å². The van der Waals surface area contributed by atoms with Crippen molar-refractivity contribution in [2.24, 2.45) is 7.05 Å². The number of aryl methyl sites for hydroxylation is 2. The lowest BCUT2D eigenvalue weighted by molar-refractivity contribution is 0.565. The lowest BCUT2D eigenvalue weighted by Gasteiger charge is -2.06. The second kappa shape index (κ2) is 5.77. The molecule has 6 heteroatoms. The normalized spacial score (nSPS) is 11.2. The third kappa shape index (κ3) is 2.59. The lowest BCUT2D eigenvalue weighted by atomic mass is 10.3. The predicted molar refractivity (Wildman–Crippen MR) is 70.5 cm³/mol. The zero-order chi connectivity index (χ0) is 13.0. The summed E-state index contributed by atoms with van der Waals surface area (Å²) in [5, 5.41) is 7.95. The number of fused-ring (bicyclic) bond motifs is 1. The van der Waals surface area contributed by atoms with E-state index >= 15 is 0 Å². The standard InChI is InChI=1S/C12H19N5O/c1-3-5-13-6-4-7-17-9-14-11-10(12(17)18)8-15-16(11)2/h8-9,13H,3-7H2,1-2H3. The van der Waals surface area contributed by atoms with Gasteiger partial charge in [0.25, 0.3) is 5.56 Å². The van der Waals surface area contributed by atoms with E-state index in [9.17, 15) is 4.79 Å². The van der Waals surface area contributed by atoms with Crippen molar-refractivity contribution in [2.45, 2.75) is 26.3 Å². The van der Waals surface area contributed by atoms with Gasteiger partial charge >= 0.3 is 0 Å². The molecule has 0 aliphatic rings. The van der Waals surface area contributed by atoms with Gasteiger partial charge in [-0.15, -0.1) is 0 Å². The summed E-state index contributed by atoms with van der Waals surface area (Å²) < 4.78 is 3.27. The summed E-state index contributed by atoms with van der Waals surface area (Å²) in [7, 11) is 1.79. The Hall–Kier alpha value is -1.69. The van der Waals surface area contributed by atoms with Gasteiger partial charge in [-0.2, -0.15) is 5.10 Å². The van der Waals surface area contributed by atoms with E-state index in [1.807, 2.05) is 0 Å². The van der Waals surface area contributed by atoms with E-state index in [1.54, 1.807) is 28.8 Å². The Kier molecular flexibility index (Phi) is 4.09. The van der Waals surface area contributed by atoms with E-state index in [0.29, 0.717) is 17.6 Å². The molecule has 0 spiro atoms. The molecular formula is C12H19N5O. The molecule has 6 nitrogen and oxygen atoms in total. The summed E-state index contributed by atoms with van der Waals surface area (Å²) in [5.74, 6) is 0. The molecule has 0 radical (unpaired) electrons. The Bertz CT molecular complexity index is 571. The minimum absolute atomic E-state index is 0.0106. The van der Waals surface area contributed by atoms with E-state index in [4.69, 9.17) is 0 Å². The fraction of sp³-hybridized carbons (Fsp3) is 0.583. The molecule has 2 aromatic rings. The maximum Gasteiger partial charge on any atom is 0.264 e. The molecule has 18 heavy (non-hydrogen) atoms. The second-order valence-electron chi connectivity index (χ2n) is 4.35. The zero-order valence-corrected chi connectivity index (χ0v) is 10.9. The molecule has 0 unspecified atom stereocenters. The molecular weight excluding hydrogens is 230 g/mol. The average molecular weight is 249 g/mol. The Labute approximate surface area is 106 Å². The van der Waals surface area contributed by atoms with Crippen LogP contribution >= 0.6 is 0 Å².